The first-order valence-corrected chi connectivity index (χ1v) is 7.73. The van der Waals surface area contributed by atoms with Gasteiger partial charge in [-0.05, 0) is 32.9 Å². The minimum atomic E-state index is -0.595. The topological polar surface area (TPSA) is 60.5 Å². The zero-order valence-electron chi connectivity index (χ0n) is 13.0. The largest absolute Gasteiger partial charge is 0.444 e. The van der Waals surface area contributed by atoms with E-state index >= 15 is 0 Å². The van der Waals surface area contributed by atoms with E-state index < -0.39 is 11.7 Å². The highest BCUT2D eigenvalue weighted by atomic mass is 35.5. The second-order valence-corrected chi connectivity index (χ2v) is 6.55. The summed E-state index contributed by atoms with van der Waals surface area (Å²) >= 11 is 17.6. The predicted molar refractivity (Wildman–Crippen MR) is 92.4 cm³/mol. The number of nitrogens with zero attached hydrogens (tertiary/aromatic N) is 1. The summed E-state index contributed by atoms with van der Waals surface area (Å²) < 4.78 is 10.7. The van der Waals surface area contributed by atoms with Gasteiger partial charge in [-0.25, -0.2) is 4.79 Å². The average Bonchev–Trinajstić information content (AvgIpc) is 2.40. The Labute approximate surface area is 150 Å². The molecule has 0 aliphatic carbocycles. The molecule has 1 aromatic rings. The number of nitrogens with one attached hydrogen (secondary N) is 1. The van der Waals surface area contributed by atoms with Gasteiger partial charge in [0.1, 0.15) is 16.4 Å². The summed E-state index contributed by atoms with van der Waals surface area (Å²) in [7, 11) is 0. The third-order valence-electron chi connectivity index (χ3n) is 2.19. The molecule has 1 aromatic heterocycles. The van der Waals surface area contributed by atoms with Crippen LogP contribution in [-0.4, -0.2) is 23.2 Å². The standard InChI is InChI=1S/C15H17Cl3N2O3/c1-5-6-9(8-19-14(21)23-15(2,3)4)22-13-11(17)7-10(16)12(18)20-13/h5-7H,1,8H2,2-4H3,(H,19,21)/b9-6+. The molecule has 0 aliphatic heterocycles. The van der Waals surface area contributed by atoms with Gasteiger partial charge in [0.05, 0.1) is 11.6 Å². The molecule has 0 fully saturated rings. The van der Waals surface area contributed by atoms with Crippen molar-refractivity contribution >= 4 is 40.9 Å². The van der Waals surface area contributed by atoms with Gasteiger partial charge in [0, 0.05) is 0 Å². The van der Waals surface area contributed by atoms with Crippen LogP contribution in [0, 0.1) is 0 Å². The van der Waals surface area contributed by atoms with Gasteiger partial charge in [-0.1, -0.05) is 47.5 Å². The molecule has 0 unspecified atom stereocenters. The molecule has 0 saturated carbocycles. The minimum absolute atomic E-state index is 0.0547. The summed E-state index contributed by atoms with van der Waals surface area (Å²) in [6.07, 6.45) is 2.47. The molecule has 23 heavy (non-hydrogen) atoms. The fourth-order valence-corrected chi connectivity index (χ4v) is 1.89. The SMILES string of the molecule is C=C/C=C(\CNC(=O)OC(C)(C)C)Oc1nc(Cl)c(Cl)cc1Cl. The number of allylic oxidation sites excluding steroid dienone is 2. The van der Waals surface area contributed by atoms with Crippen LogP contribution in [0.15, 0.2) is 30.6 Å². The van der Waals surface area contributed by atoms with E-state index in [0.717, 1.165) is 0 Å². The maximum atomic E-state index is 11.7. The van der Waals surface area contributed by atoms with Crippen molar-refractivity contribution in [1.29, 1.82) is 0 Å². The number of ether oxygens (including phenoxy) is 2. The van der Waals surface area contributed by atoms with Gasteiger partial charge in [-0.3, -0.25) is 0 Å². The lowest BCUT2D eigenvalue weighted by atomic mass is 10.2. The molecule has 0 atom stereocenters. The van der Waals surface area contributed by atoms with Crippen LogP contribution in [0.3, 0.4) is 0 Å². The van der Waals surface area contributed by atoms with Crippen LogP contribution in [-0.2, 0) is 4.74 Å². The van der Waals surface area contributed by atoms with Crippen molar-refractivity contribution in [3.8, 4) is 5.88 Å². The highest BCUT2D eigenvalue weighted by molar-refractivity contribution is 6.42. The molecule has 1 amide bonds. The van der Waals surface area contributed by atoms with Crippen molar-refractivity contribution in [2.24, 2.45) is 0 Å². The lowest BCUT2D eigenvalue weighted by Gasteiger charge is -2.20. The Bertz CT molecular complexity index is 625. The molecule has 1 heterocycles. The summed E-state index contributed by atoms with van der Waals surface area (Å²) in [4.78, 5) is 15.6. The Kier molecular flexibility index (Phi) is 7.19. The average molecular weight is 380 g/mol. The smallest absolute Gasteiger partial charge is 0.408 e. The first kappa shape index (κ1) is 19.6. The number of alkyl carbamates (subject to hydrolysis) is 1. The van der Waals surface area contributed by atoms with Crippen molar-refractivity contribution in [2.75, 3.05) is 6.54 Å². The summed E-state index contributed by atoms with van der Waals surface area (Å²) in [5.74, 6) is 0.416. The van der Waals surface area contributed by atoms with Crippen molar-refractivity contribution in [3.05, 3.63) is 45.8 Å². The van der Waals surface area contributed by atoms with Crippen molar-refractivity contribution < 1.29 is 14.3 Å². The fourth-order valence-electron chi connectivity index (χ4n) is 1.36. The van der Waals surface area contributed by atoms with E-state index in [0.29, 0.717) is 5.76 Å². The molecule has 0 saturated heterocycles. The van der Waals surface area contributed by atoms with E-state index in [1.54, 1.807) is 26.8 Å². The summed E-state index contributed by atoms with van der Waals surface area (Å²) in [6, 6.07) is 1.42. The van der Waals surface area contributed by atoms with E-state index in [-0.39, 0.29) is 27.6 Å². The number of amides is 1. The molecular weight excluding hydrogens is 363 g/mol. The van der Waals surface area contributed by atoms with Crippen LogP contribution < -0.4 is 10.1 Å². The molecule has 0 bridgehead atoms. The number of rotatable bonds is 5. The Balaban J connectivity index is 2.77. The number of hydrogen-bond acceptors (Lipinski definition) is 4. The molecule has 5 nitrogen and oxygen atoms in total. The molecule has 0 spiro atoms. The van der Waals surface area contributed by atoms with Gasteiger partial charge in [0.2, 0.25) is 5.88 Å². The number of carbonyl (C=O) groups is 1. The fraction of sp³-hybridized carbons (Fsp3) is 0.333. The van der Waals surface area contributed by atoms with Gasteiger partial charge >= 0.3 is 6.09 Å². The van der Waals surface area contributed by atoms with Gasteiger partial charge in [0.25, 0.3) is 0 Å². The molecule has 1 N–H and O–H groups in total. The first-order valence-electron chi connectivity index (χ1n) is 6.60. The van der Waals surface area contributed by atoms with Crippen LogP contribution in [0.2, 0.25) is 15.2 Å². The maximum Gasteiger partial charge on any atom is 0.408 e. The second-order valence-electron chi connectivity index (χ2n) is 5.37. The third kappa shape index (κ3) is 7.12. The zero-order chi connectivity index (χ0) is 17.6. The number of halogens is 3. The van der Waals surface area contributed by atoms with Gasteiger partial charge in [-0.2, -0.15) is 4.98 Å². The molecule has 1 rings (SSSR count). The molecular formula is C15H17Cl3N2O3. The quantitative estimate of drug-likeness (QED) is 0.443. The predicted octanol–water partition coefficient (Wildman–Crippen LogP) is 5.02. The van der Waals surface area contributed by atoms with Crippen LogP contribution in [0.1, 0.15) is 20.8 Å². The van der Waals surface area contributed by atoms with Gasteiger partial charge in [0.15, 0.2) is 5.15 Å². The van der Waals surface area contributed by atoms with Crippen LogP contribution in [0.4, 0.5) is 4.79 Å². The zero-order valence-corrected chi connectivity index (χ0v) is 15.2. The highest BCUT2D eigenvalue weighted by Crippen LogP contribution is 2.31. The normalized spacial score (nSPS) is 11.8. The number of pyridine rings is 1. The van der Waals surface area contributed by atoms with E-state index in [9.17, 15) is 4.79 Å². The van der Waals surface area contributed by atoms with E-state index in [1.165, 1.54) is 12.1 Å². The monoisotopic (exact) mass is 378 g/mol. The molecule has 0 aliphatic rings. The van der Waals surface area contributed by atoms with Crippen LogP contribution >= 0.6 is 34.8 Å². The minimum Gasteiger partial charge on any atom is -0.444 e. The highest BCUT2D eigenvalue weighted by Gasteiger charge is 2.17. The molecule has 0 aromatic carbocycles. The first-order chi connectivity index (χ1) is 10.6. The lowest BCUT2D eigenvalue weighted by Crippen LogP contribution is -2.34. The Hall–Kier alpha value is -1.43. The van der Waals surface area contributed by atoms with Crippen LogP contribution in [0.25, 0.3) is 0 Å². The second kappa shape index (κ2) is 8.43. The van der Waals surface area contributed by atoms with Gasteiger partial charge in [-0.15, -0.1) is 0 Å². The molecule has 126 valence electrons. The number of carbonyl (C=O) groups excluding carboxylic acids is 1. The summed E-state index contributed by atoms with van der Waals surface area (Å²) in [6.45, 7) is 8.94. The van der Waals surface area contributed by atoms with Crippen LogP contribution in [0.5, 0.6) is 5.88 Å². The summed E-state index contributed by atoms with van der Waals surface area (Å²) in [5, 5.41) is 3.02. The van der Waals surface area contributed by atoms with E-state index in [4.69, 9.17) is 44.3 Å². The molecule has 0 radical (unpaired) electrons. The summed E-state index contributed by atoms with van der Waals surface area (Å²) in [5.41, 5.74) is -0.595. The Morgan fingerprint density at radius 1 is 1.35 bits per heavy atom. The van der Waals surface area contributed by atoms with Crippen molar-refractivity contribution in [3.63, 3.8) is 0 Å². The Morgan fingerprint density at radius 2 is 2.00 bits per heavy atom. The lowest BCUT2D eigenvalue weighted by molar-refractivity contribution is 0.0528. The number of aromatic nitrogens is 1. The van der Waals surface area contributed by atoms with E-state index in [1.807, 2.05) is 0 Å². The number of hydrogen-bond donors (Lipinski definition) is 1. The van der Waals surface area contributed by atoms with Crippen molar-refractivity contribution in [2.45, 2.75) is 26.4 Å². The van der Waals surface area contributed by atoms with Gasteiger partial charge < -0.3 is 14.8 Å². The Morgan fingerprint density at radius 3 is 2.57 bits per heavy atom. The maximum absolute atomic E-state index is 11.7. The van der Waals surface area contributed by atoms with E-state index in [2.05, 4.69) is 16.9 Å². The third-order valence-corrected chi connectivity index (χ3v) is 3.14. The van der Waals surface area contributed by atoms with Crippen molar-refractivity contribution in [1.82, 2.24) is 10.3 Å². The molecule has 8 heteroatoms.